The summed E-state index contributed by atoms with van der Waals surface area (Å²) in [5.74, 6) is 0.325. The predicted octanol–water partition coefficient (Wildman–Crippen LogP) is 5.95. The number of aromatic amines is 1. The molecule has 1 aliphatic rings. The number of alkyl halides is 3. The highest BCUT2D eigenvalue weighted by molar-refractivity contribution is 7.98. The Kier molecular flexibility index (Phi) is 6.27. The van der Waals surface area contributed by atoms with E-state index in [0.29, 0.717) is 34.1 Å². The van der Waals surface area contributed by atoms with Gasteiger partial charge in [0.25, 0.3) is 0 Å². The van der Waals surface area contributed by atoms with E-state index in [1.807, 2.05) is 36.6 Å². The van der Waals surface area contributed by atoms with Gasteiger partial charge in [-0.25, -0.2) is 4.98 Å². The average molecular weight is 512 g/mol. The molecule has 8 nitrogen and oxygen atoms in total. The lowest BCUT2D eigenvalue weighted by molar-refractivity contribution is -0.160. The molecule has 0 spiro atoms. The lowest BCUT2D eigenvalue weighted by atomic mass is 9.99. The summed E-state index contributed by atoms with van der Waals surface area (Å²) in [5.41, 5.74) is 6.91. The molecule has 0 radical (unpaired) electrons. The van der Waals surface area contributed by atoms with E-state index in [1.54, 1.807) is 18.2 Å². The summed E-state index contributed by atoms with van der Waals surface area (Å²) in [4.78, 5) is 11.5. The van der Waals surface area contributed by atoms with Crippen LogP contribution < -0.4 is 15.8 Å². The zero-order valence-electron chi connectivity index (χ0n) is 18.9. The smallest absolute Gasteiger partial charge is 0.395 e. The molecule has 4 aromatic rings. The number of allylic oxidation sites excluding steroid dienone is 3. The summed E-state index contributed by atoms with van der Waals surface area (Å²) in [6, 6.07) is 12.7. The van der Waals surface area contributed by atoms with Crippen LogP contribution in [0.5, 0.6) is 11.6 Å². The highest BCUT2D eigenvalue weighted by Crippen LogP contribution is 2.36. The third-order valence-corrected chi connectivity index (χ3v) is 6.02. The number of nitrogens with two attached hydrogens (primary N) is 1. The topological polar surface area (TPSA) is 115 Å². The number of nitrogens with zero attached hydrogens (tertiary/aromatic N) is 4. The van der Waals surface area contributed by atoms with Crippen LogP contribution in [0.3, 0.4) is 0 Å². The van der Waals surface area contributed by atoms with Gasteiger partial charge in [0.1, 0.15) is 11.6 Å². The van der Waals surface area contributed by atoms with Crippen LogP contribution in [0.2, 0.25) is 0 Å². The summed E-state index contributed by atoms with van der Waals surface area (Å²) >= 11 is 1.36. The quantitative estimate of drug-likeness (QED) is 0.215. The Morgan fingerprint density at radius 3 is 2.69 bits per heavy atom. The van der Waals surface area contributed by atoms with Crippen molar-refractivity contribution in [2.24, 2.45) is 5.92 Å². The Hall–Kier alpha value is -4.06. The Morgan fingerprint density at radius 2 is 1.92 bits per heavy atom. The van der Waals surface area contributed by atoms with Gasteiger partial charge in [-0.05, 0) is 42.3 Å². The number of nitrogens with one attached hydrogen (secondary N) is 2. The lowest BCUT2D eigenvalue weighted by Gasteiger charge is -2.19. The number of benzene rings is 2. The monoisotopic (exact) mass is 511 g/mol. The van der Waals surface area contributed by atoms with Crippen molar-refractivity contribution in [1.29, 1.82) is 0 Å². The minimum Gasteiger partial charge on any atom is -0.438 e. The molecule has 2 aromatic carbocycles. The van der Waals surface area contributed by atoms with E-state index in [1.165, 1.54) is 17.8 Å². The summed E-state index contributed by atoms with van der Waals surface area (Å²) in [6.07, 6.45) is 1.68. The van der Waals surface area contributed by atoms with Crippen LogP contribution in [0.4, 0.5) is 24.9 Å². The van der Waals surface area contributed by atoms with Gasteiger partial charge in [-0.1, -0.05) is 42.1 Å². The number of aromatic nitrogens is 5. The lowest BCUT2D eigenvalue weighted by Crippen LogP contribution is -2.23. The van der Waals surface area contributed by atoms with E-state index in [4.69, 9.17) is 10.5 Å². The molecule has 4 N–H and O–H groups in total. The van der Waals surface area contributed by atoms with Crippen molar-refractivity contribution in [2.75, 3.05) is 17.3 Å². The maximum Gasteiger partial charge on any atom is 0.395 e. The van der Waals surface area contributed by atoms with E-state index < -0.39 is 12.1 Å². The largest absolute Gasteiger partial charge is 0.438 e. The first-order valence-corrected chi connectivity index (χ1v) is 12.1. The molecule has 2 heterocycles. The van der Waals surface area contributed by atoms with Crippen molar-refractivity contribution in [3.63, 3.8) is 0 Å². The molecule has 5 rings (SSSR count). The van der Waals surface area contributed by atoms with Gasteiger partial charge < -0.3 is 20.8 Å². The molecule has 0 bridgehead atoms. The van der Waals surface area contributed by atoms with Crippen LogP contribution >= 0.6 is 11.8 Å². The molecule has 36 heavy (non-hydrogen) atoms. The minimum absolute atomic E-state index is 0.0864. The maximum atomic E-state index is 13.1. The van der Waals surface area contributed by atoms with Gasteiger partial charge in [0.2, 0.25) is 11.8 Å². The molecule has 2 aromatic heterocycles. The number of hydrogen-bond acceptors (Lipinski definition) is 8. The van der Waals surface area contributed by atoms with Gasteiger partial charge in [0.05, 0.1) is 5.92 Å². The molecule has 1 unspecified atom stereocenters. The molecule has 1 aliphatic carbocycles. The van der Waals surface area contributed by atoms with Crippen molar-refractivity contribution < 1.29 is 17.9 Å². The van der Waals surface area contributed by atoms with Crippen LogP contribution in [0.15, 0.2) is 71.5 Å². The summed E-state index contributed by atoms with van der Waals surface area (Å²) < 4.78 is 45.3. The van der Waals surface area contributed by atoms with Crippen molar-refractivity contribution >= 4 is 34.3 Å². The van der Waals surface area contributed by atoms with Crippen molar-refractivity contribution in [3.8, 4) is 23.0 Å². The number of H-pyrrole nitrogens is 1. The van der Waals surface area contributed by atoms with Crippen LogP contribution in [0, 0.1) is 5.92 Å². The van der Waals surface area contributed by atoms with Gasteiger partial charge in [-0.3, -0.25) is 0 Å². The van der Waals surface area contributed by atoms with Gasteiger partial charge in [0.15, 0.2) is 11.0 Å². The van der Waals surface area contributed by atoms with Crippen molar-refractivity contribution in [2.45, 2.75) is 17.8 Å². The van der Waals surface area contributed by atoms with Gasteiger partial charge in [-0.2, -0.15) is 18.2 Å². The van der Waals surface area contributed by atoms with Crippen LogP contribution in [-0.2, 0) is 0 Å². The SMILES string of the molecule is CSc1nc(N)cc(Oc2ccc(-c3nnc(NC4=CC(C(F)(F)F)CC=C4)[nH]3)c3ccccc23)n1. The number of anilines is 2. The fourth-order valence-corrected chi connectivity index (χ4v) is 4.19. The molecule has 184 valence electrons. The van der Waals surface area contributed by atoms with Crippen molar-refractivity contribution in [1.82, 2.24) is 25.1 Å². The Balaban J connectivity index is 1.44. The first kappa shape index (κ1) is 23.7. The number of fused-ring (bicyclic) bond motifs is 1. The second-order valence-electron chi connectivity index (χ2n) is 7.93. The Morgan fingerprint density at radius 1 is 1.11 bits per heavy atom. The molecular formula is C24H20F3N7OS. The highest BCUT2D eigenvalue weighted by atomic mass is 32.2. The summed E-state index contributed by atoms with van der Waals surface area (Å²) in [6.45, 7) is 0. The number of nitrogen functional groups attached to an aromatic ring is 1. The molecule has 12 heteroatoms. The molecule has 0 fully saturated rings. The zero-order chi connectivity index (χ0) is 25.3. The maximum absolute atomic E-state index is 13.1. The third kappa shape index (κ3) is 4.98. The summed E-state index contributed by atoms with van der Waals surface area (Å²) in [7, 11) is 0. The van der Waals surface area contributed by atoms with Gasteiger partial charge in [-0.15, -0.1) is 10.2 Å². The van der Waals surface area contributed by atoms with Crippen LogP contribution in [0.25, 0.3) is 22.2 Å². The minimum atomic E-state index is -4.30. The Labute approximate surface area is 207 Å². The summed E-state index contributed by atoms with van der Waals surface area (Å²) in [5, 5.41) is 13.3. The predicted molar refractivity (Wildman–Crippen MR) is 133 cm³/mol. The second kappa shape index (κ2) is 9.53. The molecule has 0 aliphatic heterocycles. The molecular weight excluding hydrogens is 491 g/mol. The number of ether oxygens (including phenoxy) is 1. The van der Waals surface area contributed by atoms with Gasteiger partial charge in [0, 0.05) is 22.7 Å². The second-order valence-corrected chi connectivity index (χ2v) is 8.71. The number of rotatable bonds is 6. The number of halogens is 3. The number of hydrogen-bond donors (Lipinski definition) is 3. The van der Waals surface area contributed by atoms with E-state index in [0.717, 1.165) is 22.4 Å². The van der Waals surface area contributed by atoms with E-state index >= 15 is 0 Å². The third-order valence-electron chi connectivity index (χ3n) is 5.48. The fraction of sp³-hybridized carbons (Fsp3) is 0.167. The number of thioether (sulfide) groups is 1. The standard InChI is InChI=1S/C24H20F3N7OS/c1-36-23-30-19(28)12-20(31-23)35-18-10-9-17(15-7-2-3-8-16(15)18)21-32-22(34-33-21)29-14-6-4-5-13(11-14)24(25,26)27/h2-4,6-13H,5H2,1H3,(H2,28,30,31)(H2,29,32,33,34). The highest BCUT2D eigenvalue weighted by Gasteiger charge is 2.38. The molecule has 0 saturated heterocycles. The molecule has 0 saturated carbocycles. The van der Waals surface area contributed by atoms with Gasteiger partial charge >= 0.3 is 6.18 Å². The van der Waals surface area contributed by atoms with Crippen LogP contribution in [-0.4, -0.2) is 37.6 Å². The zero-order valence-corrected chi connectivity index (χ0v) is 19.7. The molecule has 1 atom stereocenters. The van der Waals surface area contributed by atoms with E-state index in [2.05, 4.69) is 30.5 Å². The van der Waals surface area contributed by atoms with Crippen molar-refractivity contribution in [3.05, 3.63) is 66.4 Å². The fourth-order valence-electron chi connectivity index (χ4n) is 3.81. The Bertz CT molecular complexity index is 1480. The first-order chi connectivity index (χ1) is 17.3. The molecule has 0 amide bonds. The van der Waals surface area contributed by atoms with E-state index in [-0.39, 0.29) is 12.4 Å². The first-order valence-electron chi connectivity index (χ1n) is 10.8. The average Bonchev–Trinajstić information content (AvgIpc) is 3.31. The van der Waals surface area contributed by atoms with E-state index in [9.17, 15) is 13.2 Å². The normalized spacial score (nSPS) is 15.7. The van der Waals surface area contributed by atoms with Crippen LogP contribution in [0.1, 0.15) is 6.42 Å².